The van der Waals surface area contributed by atoms with Crippen molar-refractivity contribution in [1.82, 2.24) is 0 Å². The van der Waals surface area contributed by atoms with E-state index in [-0.39, 0.29) is 0 Å². The number of fused-ring (bicyclic) bond motifs is 1. The molecule has 0 aliphatic heterocycles. The van der Waals surface area contributed by atoms with Crippen LogP contribution in [0.25, 0.3) is 0 Å². The van der Waals surface area contributed by atoms with Crippen LogP contribution in [0.2, 0.25) is 0 Å². The summed E-state index contributed by atoms with van der Waals surface area (Å²) < 4.78 is 0. The molecule has 2 N–H and O–H groups in total. The molecule has 1 aliphatic rings. The maximum absolute atomic E-state index is 9.55. The van der Waals surface area contributed by atoms with Crippen LogP contribution in [-0.4, -0.2) is 22.2 Å². The average molecular weight is 220 g/mol. The fourth-order valence-electron chi connectivity index (χ4n) is 1.28. The van der Waals surface area contributed by atoms with Gasteiger partial charge in [0.05, 0.1) is 0 Å². The molecular formula is C12H12O4. The zero-order valence-corrected chi connectivity index (χ0v) is 8.59. The van der Waals surface area contributed by atoms with Crippen molar-refractivity contribution < 1.29 is 19.8 Å². The lowest BCUT2D eigenvalue weighted by molar-refractivity contribution is -0.134. The summed E-state index contributed by atoms with van der Waals surface area (Å²) in [5.41, 5.74) is 3.10. The number of rotatable bonds is 2. The van der Waals surface area contributed by atoms with E-state index in [9.17, 15) is 9.59 Å². The Morgan fingerprint density at radius 1 is 0.938 bits per heavy atom. The van der Waals surface area contributed by atoms with Crippen molar-refractivity contribution >= 4 is 11.9 Å². The molecular weight excluding hydrogens is 208 g/mol. The van der Waals surface area contributed by atoms with Gasteiger partial charge in [-0.15, -0.1) is 0 Å². The fraction of sp³-hybridized carbons (Fsp3) is 0.167. The molecule has 0 amide bonds. The van der Waals surface area contributed by atoms with Gasteiger partial charge in [-0.05, 0) is 24.0 Å². The van der Waals surface area contributed by atoms with Gasteiger partial charge in [-0.25, -0.2) is 9.59 Å². The highest BCUT2D eigenvalue weighted by Crippen LogP contribution is 2.20. The summed E-state index contributed by atoms with van der Waals surface area (Å²) in [6, 6.07) is 8.63. The Bertz CT molecular complexity index is 382. The number of benzene rings is 1. The molecule has 0 saturated carbocycles. The third-order valence-corrected chi connectivity index (χ3v) is 2.15. The number of aliphatic carboxylic acids is 2. The Kier molecular flexibility index (Phi) is 4.27. The van der Waals surface area contributed by atoms with E-state index in [0.29, 0.717) is 12.2 Å². The van der Waals surface area contributed by atoms with Crippen LogP contribution < -0.4 is 0 Å². The van der Waals surface area contributed by atoms with E-state index < -0.39 is 11.9 Å². The van der Waals surface area contributed by atoms with Gasteiger partial charge in [-0.2, -0.15) is 0 Å². The van der Waals surface area contributed by atoms with Crippen LogP contribution in [0.4, 0.5) is 0 Å². The van der Waals surface area contributed by atoms with E-state index in [4.69, 9.17) is 10.2 Å². The van der Waals surface area contributed by atoms with Crippen molar-refractivity contribution in [3.05, 3.63) is 47.5 Å². The second-order valence-electron chi connectivity index (χ2n) is 3.28. The van der Waals surface area contributed by atoms with Gasteiger partial charge in [0.15, 0.2) is 0 Å². The van der Waals surface area contributed by atoms with E-state index in [1.807, 2.05) is 0 Å². The van der Waals surface area contributed by atoms with Gasteiger partial charge in [-0.1, -0.05) is 24.3 Å². The summed E-state index contributed by atoms with van der Waals surface area (Å²) in [7, 11) is 0. The van der Waals surface area contributed by atoms with Crippen LogP contribution >= 0.6 is 0 Å². The number of carbonyl (C=O) groups is 2. The van der Waals surface area contributed by atoms with Crippen LogP contribution in [0.15, 0.2) is 36.4 Å². The quantitative estimate of drug-likeness (QED) is 0.740. The lowest BCUT2D eigenvalue weighted by atomic mass is 9.89. The van der Waals surface area contributed by atoms with Crippen LogP contribution in [0, 0.1) is 0 Å². The summed E-state index contributed by atoms with van der Waals surface area (Å²) >= 11 is 0. The summed E-state index contributed by atoms with van der Waals surface area (Å²) in [6.45, 7) is 0. The van der Waals surface area contributed by atoms with Crippen molar-refractivity contribution in [1.29, 1.82) is 0 Å². The first-order valence-corrected chi connectivity index (χ1v) is 4.80. The van der Waals surface area contributed by atoms with Crippen molar-refractivity contribution in [3.63, 3.8) is 0 Å². The normalized spacial score (nSPS) is 12.0. The van der Waals surface area contributed by atoms with Crippen molar-refractivity contribution in [2.24, 2.45) is 0 Å². The topological polar surface area (TPSA) is 74.6 Å². The monoisotopic (exact) mass is 220 g/mol. The molecule has 2 rings (SSSR count). The minimum Gasteiger partial charge on any atom is -0.478 e. The Morgan fingerprint density at radius 2 is 1.31 bits per heavy atom. The zero-order valence-electron chi connectivity index (χ0n) is 8.59. The predicted octanol–water partition coefficient (Wildman–Crippen LogP) is 1.50. The van der Waals surface area contributed by atoms with Crippen molar-refractivity contribution in [2.75, 3.05) is 0 Å². The van der Waals surface area contributed by atoms with Gasteiger partial charge >= 0.3 is 11.9 Å². The lowest BCUT2D eigenvalue weighted by Gasteiger charge is -2.16. The molecule has 4 nitrogen and oxygen atoms in total. The molecule has 0 saturated heterocycles. The number of carboxylic acids is 2. The summed E-state index contributed by atoms with van der Waals surface area (Å²) in [5, 5.41) is 15.6. The molecule has 0 unspecified atom stereocenters. The molecule has 4 heteroatoms. The van der Waals surface area contributed by atoms with E-state index in [0.717, 1.165) is 0 Å². The van der Waals surface area contributed by atoms with Gasteiger partial charge in [0.2, 0.25) is 0 Å². The van der Waals surface area contributed by atoms with Crippen LogP contribution in [0.5, 0.6) is 0 Å². The molecule has 16 heavy (non-hydrogen) atoms. The molecule has 0 atom stereocenters. The zero-order chi connectivity index (χ0) is 12.0. The lowest BCUT2D eigenvalue weighted by Crippen LogP contribution is -2.06. The highest BCUT2D eigenvalue weighted by Gasteiger charge is 2.09. The molecule has 1 aromatic rings. The van der Waals surface area contributed by atoms with Gasteiger partial charge in [0.1, 0.15) is 0 Å². The Labute approximate surface area is 92.8 Å². The van der Waals surface area contributed by atoms with Crippen molar-refractivity contribution in [2.45, 2.75) is 12.8 Å². The van der Waals surface area contributed by atoms with Gasteiger partial charge in [0, 0.05) is 12.2 Å². The minimum atomic E-state index is -1.26. The average Bonchev–Trinajstić information content (AvgIpc) is 2.18. The second kappa shape index (κ2) is 5.70. The van der Waals surface area contributed by atoms with E-state index in [1.165, 1.54) is 12.8 Å². The number of hydrogen-bond donors (Lipinski definition) is 2. The molecule has 0 aromatic heterocycles. The smallest absolute Gasteiger partial charge is 0.328 e. The largest absolute Gasteiger partial charge is 0.478 e. The molecule has 84 valence electrons. The van der Waals surface area contributed by atoms with Crippen LogP contribution in [0.3, 0.4) is 0 Å². The fourth-order valence-corrected chi connectivity index (χ4v) is 1.28. The second-order valence-corrected chi connectivity index (χ2v) is 3.28. The minimum absolute atomic E-state index is 0.558. The molecule has 1 aliphatic carbocycles. The van der Waals surface area contributed by atoms with E-state index >= 15 is 0 Å². The summed E-state index contributed by atoms with van der Waals surface area (Å²) in [5.74, 6) is -2.51. The molecule has 0 heterocycles. The maximum Gasteiger partial charge on any atom is 0.328 e. The van der Waals surface area contributed by atoms with Crippen LogP contribution in [-0.2, 0) is 22.4 Å². The van der Waals surface area contributed by atoms with Crippen molar-refractivity contribution in [3.8, 4) is 0 Å². The maximum atomic E-state index is 9.55. The molecule has 0 bridgehead atoms. The number of hydrogen-bond acceptors (Lipinski definition) is 2. The highest BCUT2D eigenvalue weighted by atomic mass is 16.4. The Morgan fingerprint density at radius 3 is 1.50 bits per heavy atom. The first-order valence-electron chi connectivity index (χ1n) is 4.80. The number of aryl methyl sites for hydroxylation is 2. The molecule has 1 aromatic carbocycles. The third kappa shape index (κ3) is 3.96. The Balaban J connectivity index is 0.000000160. The Hall–Kier alpha value is -2.10. The SMILES string of the molecule is O=C(O)/C=C/C(=O)O.c1ccc2c(c1)CC2. The van der Waals surface area contributed by atoms with Crippen LogP contribution in [0.1, 0.15) is 11.1 Å². The van der Waals surface area contributed by atoms with Gasteiger partial charge in [-0.3, -0.25) is 0 Å². The highest BCUT2D eigenvalue weighted by molar-refractivity contribution is 5.89. The van der Waals surface area contributed by atoms with E-state index in [1.54, 1.807) is 11.1 Å². The first kappa shape index (κ1) is 12.0. The predicted molar refractivity (Wildman–Crippen MR) is 58.3 cm³/mol. The standard InChI is InChI=1S/C8H8.C4H4O4/c1-2-4-8-6-5-7(8)3-1;5-3(6)1-2-4(7)8/h1-4H,5-6H2;1-2H,(H,5,6)(H,7,8)/b;2-1+. The first-order chi connectivity index (χ1) is 7.59. The van der Waals surface area contributed by atoms with E-state index in [2.05, 4.69) is 24.3 Å². The molecule has 0 fully saturated rings. The summed E-state index contributed by atoms with van der Waals surface area (Å²) in [4.78, 5) is 19.1. The van der Waals surface area contributed by atoms with Gasteiger partial charge in [0.25, 0.3) is 0 Å². The summed E-state index contributed by atoms with van der Waals surface area (Å²) in [6.07, 6.45) is 3.72. The van der Waals surface area contributed by atoms with Gasteiger partial charge < -0.3 is 10.2 Å². The number of carboxylic acid groups (broad SMARTS) is 2. The molecule has 0 radical (unpaired) electrons. The molecule has 0 spiro atoms. The third-order valence-electron chi connectivity index (χ3n) is 2.15.